The summed E-state index contributed by atoms with van der Waals surface area (Å²) in [5.41, 5.74) is 3.34. The molecule has 1 amide bonds. The van der Waals surface area contributed by atoms with Gasteiger partial charge in [0.2, 0.25) is 5.91 Å². The van der Waals surface area contributed by atoms with Crippen molar-refractivity contribution in [2.75, 3.05) is 35.4 Å². The molecule has 2 N–H and O–H groups in total. The quantitative estimate of drug-likeness (QED) is 0.576. The highest BCUT2D eigenvalue weighted by molar-refractivity contribution is 7.92. The largest absolute Gasteiger partial charge is 0.388 e. The average Bonchev–Trinajstić information content (AvgIpc) is 2.85. The molecular formula is C27H37N3O4S. The van der Waals surface area contributed by atoms with E-state index in [1.165, 1.54) is 4.31 Å². The van der Waals surface area contributed by atoms with Gasteiger partial charge in [0.25, 0.3) is 10.0 Å². The first-order valence-corrected chi connectivity index (χ1v) is 14.1. The SMILES string of the molecule is CCc1ccc(N(CC(C)C)S(=O)(=O)c2ccc3c(c2)C(O)CCN3CC2CCC(=O)NC2)cc1. The van der Waals surface area contributed by atoms with Gasteiger partial charge in [0.15, 0.2) is 0 Å². The molecule has 2 aromatic rings. The molecule has 35 heavy (non-hydrogen) atoms. The standard InChI is InChI=1S/C27H37N3O4S/c1-4-20-5-8-22(9-6-20)30(17-19(2)3)35(33,34)23-10-11-25-24(15-23)26(31)13-14-29(25)18-21-7-12-27(32)28-16-21/h5-6,8-11,15,19,21,26,31H,4,7,12-14,16-18H2,1-3H3,(H,28,32). The minimum Gasteiger partial charge on any atom is -0.388 e. The third-order valence-corrected chi connectivity index (χ3v) is 8.76. The summed E-state index contributed by atoms with van der Waals surface area (Å²) in [5.74, 6) is 0.581. The molecule has 1 fully saturated rings. The normalized spacial score (nSPS) is 20.5. The first kappa shape index (κ1) is 25.5. The molecule has 0 spiro atoms. The summed E-state index contributed by atoms with van der Waals surface area (Å²) in [6, 6.07) is 12.8. The molecule has 0 saturated carbocycles. The van der Waals surface area contributed by atoms with E-state index in [9.17, 15) is 18.3 Å². The van der Waals surface area contributed by atoms with Crippen LogP contribution in [-0.4, -0.2) is 45.6 Å². The number of carbonyl (C=O) groups is 1. The van der Waals surface area contributed by atoms with Crippen LogP contribution >= 0.6 is 0 Å². The summed E-state index contributed by atoms with van der Waals surface area (Å²) in [6.07, 6.45) is 2.11. The van der Waals surface area contributed by atoms with E-state index in [2.05, 4.69) is 17.1 Å². The minimum absolute atomic E-state index is 0.0980. The molecule has 2 heterocycles. The van der Waals surface area contributed by atoms with Gasteiger partial charge < -0.3 is 15.3 Å². The van der Waals surface area contributed by atoms with Crippen LogP contribution in [0.4, 0.5) is 11.4 Å². The number of fused-ring (bicyclic) bond motifs is 1. The smallest absolute Gasteiger partial charge is 0.264 e. The topological polar surface area (TPSA) is 90.0 Å². The highest BCUT2D eigenvalue weighted by Gasteiger charge is 2.31. The maximum Gasteiger partial charge on any atom is 0.264 e. The van der Waals surface area contributed by atoms with Crippen LogP contribution in [0.15, 0.2) is 47.4 Å². The summed E-state index contributed by atoms with van der Waals surface area (Å²) >= 11 is 0. The maximum atomic E-state index is 13.8. The van der Waals surface area contributed by atoms with Gasteiger partial charge in [0.05, 0.1) is 16.7 Å². The Bertz CT molecular complexity index is 1140. The summed E-state index contributed by atoms with van der Waals surface area (Å²) in [4.78, 5) is 13.9. The number of nitrogens with zero attached hydrogens (tertiary/aromatic N) is 2. The number of anilines is 2. The van der Waals surface area contributed by atoms with E-state index in [4.69, 9.17) is 0 Å². The van der Waals surface area contributed by atoms with Crippen molar-refractivity contribution < 1.29 is 18.3 Å². The van der Waals surface area contributed by atoms with Gasteiger partial charge in [-0.05, 0) is 67.0 Å². The second kappa shape index (κ2) is 10.6. The van der Waals surface area contributed by atoms with Crippen LogP contribution in [0.5, 0.6) is 0 Å². The summed E-state index contributed by atoms with van der Waals surface area (Å²) in [6.45, 7) is 8.58. The third kappa shape index (κ3) is 5.64. The average molecular weight is 500 g/mol. The van der Waals surface area contributed by atoms with Crippen LogP contribution in [0, 0.1) is 11.8 Å². The molecule has 2 unspecified atom stereocenters. The van der Waals surface area contributed by atoms with Gasteiger partial charge in [-0.2, -0.15) is 0 Å². The Morgan fingerprint density at radius 2 is 1.89 bits per heavy atom. The van der Waals surface area contributed by atoms with Gasteiger partial charge in [-0.3, -0.25) is 9.10 Å². The third-order valence-electron chi connectivity index (χ3n) is 6.97. The molecule has 0 bridgehead atoms. The number of aryl methyl sites for hydroxylation is 1. The Labute approximate surface area is 209 Å². The van der Waals surface area contributed by atoms with Crippen molar-refractivity contribution in [3.05, 3.63) is 53.6 Å². The minimum atomic E-state index is -3.82. The van der Waals surface area contributed by atoms with Gasteiger partial charge in [-0.25, -0.2) is 8.42 Å². The Morgan fingerprint density at radius 3 is 2.51 bits per heavy atom. The predicted octanol–water partition coefficient (Wildman–Crippen LogP) is 3.87. The van der Waals surface area contributed by atoms with Crippen LogP contribution in [0.3, 0.4) is 0 Å². The fourth-order valence-electron chi connectivity index (χ4n) is 4.94. The number of nitrogens with one attached hydrogen (secondary N) is 1. The molecule has 0 radical (unpaired) electrons. The first-order chi connectivity index (χ1) is 16.7. The lowest BCUT2D eigenvalue weighted by Gasteiger charge is -2.37. The number of aliphatic hydroxyl groups excluding tert-OH is 1. The zero-order chi connectivity index (χ0) is 25.2. The van der Waals surface area contributed by atoms with E-state index in [0.717, 1.165) is 30.6 Å². The number of amides is 1. The molecule has 7 nitrogen and oxygen atoms in total. The number of piperidine rings is 1. The van der Waals surface area contributed by atoms with Gasteiger partial charge in [-0.15, -0.1) is 0 Å². The van der Waals surface area contributed by atoms with E-state index < -0.39 is 16.1 Å². The molecule has 0 aliphatic carbocycles. The van der Waals surface area contributed by atoms with E-state index in [1.54, 1.807) is 12.1 Å². The van der Waals surface area contributed by atoms with Crippen molar-refractivity contribution in [3.8, 4) is 0 Å². The Hall–Kier alpha value is -2.58. The second-order valence-electron chi connectivity index (χ2n) is 10.1. The number of sulfonamides is 1. The molecule has 1 saturated heterocycles. The molecule has 2 aliphatic heterocycles. The molecule has 4 rings (SSSR count). The monoisotopic (exact) mass is 499 g/mol. The Kier molecular flexibility index (Phi) is 7.71. The highest BCUT2D eigenvalue weighted by atomic mass is 32.2. The van der Waals surface area contributed by atoms with E-state index in [1.807, 2.05) is 44.2 Å². The molecule has 2 aliphatic rings. The van der Waals surface area contributed by atoms with Crippen molar-refractivity contribution in [2.24, 2.45) is 11.8 Å². The number of carbonyl (C=O) groups excluding carboxylic acids is 1. The number of benzene rings is 2. The Morgan fingerprint density at radius 1 is 1.14 bits per heavy atom. The van der Waals surface area contributed by atoms with Gasteiger partial charge in [0, 0.05) is 43.9 Å². The van der Waals surface area contributed by atoms with Crippen LogP contribution < -0.4 is 14.5 Å². The van der Waals surface area contributed by atoms with Gasteiger partial charge >= 0.3 is 0 Å². The Balaban J connectivity index is 1.64. The van der Waals surface area contributed by atoms with Crippen molar-refractivity contribution >= 4 is 27.3 Å². The zero-order valence-corrected chi connectivity index (χ0v) is 21.7. The second-order valence-corrected chi connectivity index (χ2v) is 12.0. The van der Waals surface area contributed by atoms with Crippen molar-refractivity contribution in [2.45, 2.75) is 57.5 Å². The van der Waals surface area contributed by atoms with Crippen molar-refractivity contribution in [1.82, 2.24) is 5.32 Å². The van der Waals surface area contributed by atoms with Crippen molar-refractivity contribution in [3.63, 3.8) is 0 Å². The molecule has 2 aromatic carbocycles. The van der Waals surface area contributed by atoms with Gasteiger partial charge in [0.1, 0.15) is 0 Å². The van der Waals surface area contributed by atoms with Crippen LogP contribution in [0.1, 0.15) is 57.3 Å². The van der Waals surface area contributed by atoms with Crippen LogP contribution in [0.25, 0.3) is 0 Å². The van der Waals surface area contributed by atoms with Crippen LogP contribution in [-0.2, 0) is 21.2 Å². The van der Waals surface area contributed by atoms with E-state index in [-0.39, 0.29) is 16.7 Å². The predicted molar refractivity (Wildman–Crippen MR) is 139 cm³/mol. The summed E-state index contributed by atoms with van der Waals surface area (Å²) < 4.78 is 29.2. The number of rotatable bonds is 8. The van der Waals surface area contributed by atoms with E-state index in [0.29, 0.717) is 49.6 Å². The fraction of sp³-hybridized carbons (Fsp3) is 0.519. The lowest BCUT2D eigenvalue weighted by molar-refractivity contribution is -0.122. The molecule has 190 valence electrons. The molecule has 8 heteroatoms. The van der Waals surface area contributed by atoms with E-state index >= 15 is 0 Å². The number of hydrogen-bond acceptors (Lipinski definition) is 5. The lowest BCUT2D eigenvalue weighted by Crippen LogP contribution is -2.42. The number of hydrogen-bond donors (Lipinski definition) is 2. The highest BCUT2D eigenvalue weighted by Crippen LogP contribution is 2.37. The van der Waals surface area contributed by atoms with Gasteiger partial charge in [-0.1, -0.05) is 32.9 Å². The van der Waals surface area contributed by atoms with Crippen molar-refractivity contribution in [1.29, 1.82) is 0 Å². The fourth-order valence-corrected chi connectivity index (χ4v) is 6.61. The van der Waals surface area contributed by atoms with Crippen LogP contribution in [0.2, 0.25) is 0 Å². The molecule has 0 aromatic heterocycles. The summed E-state index contributed by atoms with van der Waals surface area (Å²) in [5, 5.41) is 13.7. The maximum absolute atomic E-state index is 13.8. The summed E-state index contributed by atoms with van der Waals surface area (Å²) in [7, 11) is -3.82. The lowest BCUT2D eigenvalue weighted by atomic mass is 9.94. The number of aliphatic hydroxyl groups is 1. The molecule has 2 atom stereocenters. The zero-order valence-electron chi connectivity index (χ0n) is 20.9. The first-order valence-electron chi connectivity index (χ1n) is 12.6. The molecular weight excluding hydrogens is 462 g/mol.